The number of nitrogens with one attached hydrogen (secondary N) is 1. The van der Waals surface area contributed by atoms with Crippen molar-refractivity contribution in [2.24, 2.45) is 0 Å². The Kier molecular flexibility index (Phi) is 5.36. The highest BCUT2D eigenvalue weighted by Crippen LogP contribution is 2.37. The number of benzene rings is 3. The second-order valence-corrected chi connectivity index (χ2v) is 9.40. The molecule has 0 amide bonds. The minimum absolute atomic E-state index is 0.167. The highest BCUT2D eigenvalue weighted by atomic mass is 19.1. The number of aromatic amines is 1. The van der Waals surface area contributed by atoms with Gasteiger partial charge in [0.25, 0.3) is 5.56 Å². The monoisotopic (exact) mass is 480 g/mol. The quantitative estimate of drug-likeness (QED) is 0.402. The van der Waals surface area contributed by atoms with Crippen molar-refractivity contribution in [3.63, 3.8) is 0 Å². The van der Waals surface area contributed by atoms with Crippen LogP contribution < -0.4 is 10.5 Å². The van der Waals surface area contributed by atoms with E-state index in [9.17, 15) is 9.18 Å². The fourth-order valence-electron chi connectivity index (χ4n) is 5.27. The second-order valence-electron chi connectivity index (χ2n) is 9.40. The molecule has 36 heavy (non-hydrogen) atoms. The number of pyridine rings is 1. The summed E-state index contributed by atoms with van der Waals surface area (Å²) < 4.78 is 15.2. The number of nitrogens with zero attached hydrogens (tertiary/aromatic N) is 5. The molecule has 3 heterocycles. The van der Waals surface area contributed by atoms with Crippen molar-refractivity contribution in [1.82, 2.24) is 25.2 Å². The predicted octanol–water partition coefficient (Wildman–Crippen LogP) is 4.47. The Morgan fingerprint density at radius 1 is 1.06 bits per heavy atom. The number of fused-ring (bicyclic) bond motifs is 2. The average molecular weight is 481 g/mol. The molecule has 7 nitrogen and oxygen atoms in total. The molecule has 5 aromatic rings. The van der Waals surface area contributed by atoms with Crippen LogP contribution in [0.1, 0.15) is 39.7 Å². The van der Waals surface area contributed by atoms with Gasteiger partial charge >= 0.3 is 0 Å². The lowest BCUT2D eigenvalue weighted by atomic mass is 10.0. The van der Waals surface area contributed by atoms with E-state index in [1.165, 1.54) is 17.7 Å². The summed E-state index contributed by atoms with van der Waals surface area (Å²) in [4.78, 5) is 18.9. The smallest absolute Gasteiger partial charge is 0.254 e. The molecule has 0 saturated heterocycles. The minimum atomic E-state index is -0.502. The van der Waals surface area contributed by atoms with Gasteiger partial charge in [-0.15, -0.1) is 5.10 Å². The van der Waals surface area contributed by atoms with E-state index in [1.807, 2.05) is 25.1 Å². The first-order valence-electron chi connectivity index (χ1n) is 12.0. The standard InChI is InChI=1S/C28H25FN6O/c1-17-13-18(2)25-21(14-17)15-23(28(36)30-25)26(34-12-11-20-5-3-4-6-24(20)34)27-31-32-33-35(27)16-19-7-9-22(29)10-8-19/h3-10,13-15,26H,11-12,16H2,1-2H3,(H,30,36)/t26-/m0/s1. The summed E-state index contributed by atoms with van der Waals surface area (Å²) in [6, 6.07) is 20.1. The van der Waals surface area contributed by atoms with Crippen LogP contribution in [-0.2, 0) is 13.0 Å². The van der Waals surface area contributed by atoms with E-state index < -0.39 is 6.04 Å². The van der Waals surface area contributed by atoms with E-state index in [0.29, 0.717) is 17.9 Å². The Balaban J connectivity index is 1.53. The van der Waals surface area contributed by atoms with Gasteiger partial charge in [-0.3, -0.25) is 4.79 Å². The molecule has 1 atom stereocenters. The van der Waals surface area contributed by atoms with E-state index in [-0.39, 0.29) is 11.4 Å². The fraction of sp³-hybridized carbons (Fsp3) is 0.214. The third kappa shape index (κ3) is 3.84. The zero-order valence-corrected chi connectivity index (χ0v) is 20.1. The van der Waals surface area contributed by atoms with Crippen LogP contribution in [0.25, 0.3) is 10.9 Å². The van der Waals surface area contributed by atoms with Gasteiger partial charge in [0.1, 0.15) is 11.9 Å². The van der Waals surface area contributed by atoms with E-state index in [2.05, 4.69) is 56.6 Å². The number of hydrogen-bond donors (Lipinski definition) is 1. The summed E-state index contributed by atoms with van der Waals surface area (Å²) in [6.07, 6.45) is 0.871. The molecule has 6 rings (SSSR count). The van der Waals surface area contributed by atoms with Crippen molar-refractivity contribution in [2.75, 3.05) is 11.4 Å². The van der Waals surface area contributed by atoms with Crippen molar-refractivity contribution in [3.05, 3.63) is 117 Å². The number of para-hydroxylation sites is 1. The molecule has 1 aliphatic rings. The average Bonchev–Trinajstić information content (AvgIpc) is 3.49. The van der Waals surface area contributed by atoms with E-state index in [0.717, 1.165) is 46.2 Å². The zero-order chi connectivity index (χ0) is 24.8. The van der Waals surface area contributed by atoms with Crippen LogP contribution in [0.5, 0.6) is 0 Å². The Hall–Kier alpha value is -4.33. The van der Waals surface area contributed by atoms with Crippen molar-refractivity contribution in [3.8, 4) is 0 Å². The highest BCUT2D eigenvalue weighted by molar-refractivity contribution is 5.83. The van der Waals surface area contributed by atoms with Crippen LogP contribution in [-0.4, -0.2) is 31.7 Å². The van der Waals surface area contributed by atoms with Gasteiger partial charge in [-0.05, 0) is 83.1 Å². The molecule has 180 valence electrons. The molecule has 0 spiro atoms. The summed E-state index contributed by atoms with van der Waals surface area (Å²) in [6.45, 7) is 5.15. The molecular weight excluding hydrogens is 455 g/mol. The van der Waals surface area contributed by atoms with Crippen LogP contribution in [0.4, 0.5) is 10.1 Å². The number of halogens is 1. The number of tetrazole rings is 1. The first-order valence-corrected chi connectivity index (χ1v) is 12.0. The molecule has 0 unspecified atom stereocenters. The first kappa shape index (κ1) is 22.2. The molecule has 0 bridgehead atoms. The summed E-state index contributed by atoms with van der Waals surface area (Å²) >= 11 is 0. The van der Waals surface area contributed by atoms with Gasteiger partial charge in [0, 0.05) is 17.8 Å². The number of anilines is 1. The molecule has 0 aliphatic carbocycles. The number of aromatic nitrogens is 5. The zero-order valence-electron chi connectivity index (χ0n) is 20.1. The molecular formula is C28H25FN6O. The van der Waals surface area contributed by atoms with Crippen LogP contribution in [0.2, 0.25) is 0 Å². The number of H-pyrrole nitrogens is 1. The lowest BCUT2D eigenvalue weighted by molar-refractivity contribution is 0.576. The van der Waals surface area contributed by atoms with Crippen LogP contribution in [0, 0.1) is 19.7 Å². The minimum Gasteiger partial charge on any atom is -0.357 e. The molecule has 8 heteroatoms. The predicted molar refractivity (Wildman–Crippen MR) is 137 cm³/mol. The highest BCUT2D eigenvalue weighted by Gasteiger charge is 2.34. The van der Waals surface area contributed by atoms with E-state index in [1.54, 1.807) is 16.8 Å². The molecule has 2 aromatic heterocycles. The first-order chi connectivity index (χ1) is 17.5. The van der Waals surface area contributed by atoms with Crippen molar-refractivity contribution in [2.45, 2.75) is 32.9 Å². The molecule has 0 fully saturated rings. The second kappa shape index (κ2) is 8.71. The maximum Gasteiger partial charge on any atom is 0.254 e. The summed E-state index contributed by atoms with van der Waals surface area (Å²) in [5, 5.41) is 13.6. The Morgan fingerprint density at radius 3 is 2.69 bits per heavy atom. The number of rotatable bonds is 5. The van der Waals surface area contributed by atoms with Gasteiger partial charge in [0.2, 0.25) is 0 Å². The van der Waals surface area contributed by atoms with Crippen LogP contribution >= 0.6 is 0 Å². The Bertz CT molecular complexity index is 1640. The molecule has 1 N–H and O–H groups in total. The van der Waals surface area contributed by atoms with Crippen molar-refractivity contribution in [1.29, 1.82) is 0 Å². The van der Waals surface area contributed by atoms with Gasteiger partial charge in [0.15, 0.2) is 5.82 Å². The number of aryl methyl sites for hydroxylation is 2. The van der Waals surface area contributed by atoms with Gasteiger partial charge in [-0.25, -0.2) is 9.07 Å². The van der Waals surface area contributed by atoms with E-state index >= 15 is 0 Å². The molecule has 3 aromatic carbocycles. The van der Waals surface area contributed by atoms with Gasteiger partial charge in [0.05, 0.1) is 12.1 Å². The van der Waals surface area contributed by atoms with Crippen LogP contribution in [0.3, 0.4) is 0 Å². The lowest BCUT2D eigenvalue weighted by Gasteiger charge is -2.29. The maximum absolute atomic E-state index is 13.6. The third-order valence-corrected chi connectivity index (χ3v) is 6.90. The topological polar surface area (TPSA) is 79.7 Å². The molecule has 0 radical (unpaired) electrons. The maximum atomic E-state index is 13.6. The Morgan fingerprint density at radius 2 is 1.86 bits per heavy atom. The largest absolute Gasteiger partial charge is 0.357 e. The SMILES string of the molecule is Cc1cc(C)c2[nH]c(=O)c([C@@H](c3nnnn3Cc3ccc(F)cc3)N3CCc4ccccc43)cc2c1. The van der Waals surface area contributed by atoms with Crippen molar-refractivity contribution < 1.29 is 4.39 Å². The summed E-state index contributed by atoms with van der Waals surface area (Å²) in [5.41, 5.74) is 6.56. The number of hydrogen-bond acceptors (Lipinski definition) is 5. The lowest BCUT2D eigenvalue weighted by Crippen LogP contribution is -2.34. The van der Waals surface area contributed by atoms with Gasteiger partial charge in [-0.2, -0.15) is 0 Å². The fourth-order valence-corrected chi connectivity index (χ4v) is 5.27. The third-order valence-electron chi connectivity index (χ3n) is 6.90. The van der Waals surface area contributed by atoms with E-state index in [4.69, 9.17) is 0 Å². The normalized spacial score (nSPS) is 13.8. The summed E-state index contributed by atoms with van der Waals surface area (Å²) in [7, 11) is 0. The Labute approximate surface area is 207 Å². The van der Waals surface area contributed by atoms with Gasteiger partial charge < -0.3 is 9.88 Å². The summed E-state index contributed by atoms with van der Waals surface area (Å²) in [5.74, 6) is 0.265. The molecule has 1 aliphatic heterocycles. The van der Waals surface area contributed by atoms with Gasteiger partial charge in [-0.1, -0.05) is 42.0 Å². The van der Waals surface area contributed by atoms with Crippen LogP contribution in [0.15, 0.2) is 71.5 Å². The molecule has 0 saturated carbocycles. The van der Waals surface area contributed by atoms with Crippen molar-refractivity contribution >= 4 is 16.6 Å².